The number of amides is 2. The van der Waals surface area contributed by atoms with E-state index in [4.69, 9.17) is 5.11 Å². The van der Waals surface area contributed by atoms with E-state index in [2.05, 4.69) is 15.4 Å². The number of carbonyl (C=O) groups excluding carboxylic acids is 2. The molecule has 1 atom stereocenters. The number of hydrogen-bond acceptors (Lipinski definition) is 4. The highest BCUT2D eigenvalue weighted by Gasteiger charge is 2.24. The van der Waals surface area contributed by atoms with Crippen molar-refractivity contribution in [2.24, 2.45) is 0 Å². The summed E-state index contributed by atoms with van der Waals surface area (Å²) in [7, 11) is 1.22. The van der Waals surface area contributed by atoms with Crippen LogP contribution in [-0.2, 0) is 14.3 Å². The van der Waals surface area contributed by atoms with Gasteiger partial charge in [0.15, 0.2) is 0 Å². The number of methoxy groups -OCH3 is 1. The predicted octanol–water partition coefficient (Wildman–Crippen LogP) is 0.881. The molecule has 0 rings (SSSR count). The number of carboxylic acids is 1. The first kappa shape index (κ1) is 17.2. The summed E-state index contributed by atoms with van der Waals surface area (Å²) in [6.07, 6.45) is 0.632. The molecule has 0 aromatic heterocycles. The van der Waals surface area contributed by atoms with Crippen LogP contribution in [0.25, 0.3) is 0 Å². The fraction of sp³-hybridized carbons (Fsp3) is 0.750. The number of urea groups is 1. The smallest absolute Gasteiger partial charge is 0.326 e. The van der Waals surface area contributed by atoms with Crippen molar-refractivity contribution in [3.05, 3.63) is 0 Å². The van der Waals surface area contributed by atoms with Crippen LogP contribution in [0.1, 0.15) is 40.0 Å². The molecule has 0 heterocycles. The highest BCUT2D eigenvalue weighted by atomic mass is 16.5. The third-order valence-electron chi connectivity index (χ3n) is 2.80. The highest BCUT2D eigenvalue weighted by molar-refractivity contribution is 5.83. The Bertz CT molecular complexity index is 341. The molecule has 0 bridgehead atoms. The molecule has 0 spiro atoms. The maximum atomic E-state index is 11.6. The molecule has 0 aromatic rings. The Morgan fingerprint density at radius 3 is 2.32 bits per heavy atom. The van der Waals surface area contributed by atoms with Gasteiger partial charge in [0.05, 0.1) is 7.11 Å². The zero-order valence-corrected chi connectivity index (χ0v) is 11.8. The highest BCUT2D eigenvalue weighted by Crippen LogP contribution is 2.07. The second kappa shape index (κ2) is 7.60. The third kappa shape index (κ3) is 7.28. The summed E-state index contributed by atoms with van der Waals surface area (Å²) in [6.45, 7) is 5.57. The lowest BCUT2D eigenvalue weighted by Gasteiger charge is -2.25. The molecule has 0 aliphatic rings. The van der Waals surface area contributed by atoms with Crippen molar-refractivity contribution in [3.8, 4) is 0 Å². The van der Waals surface area contributed by atoms with Crippen molar-refractivity contribution >= 4 is 18.0 Å². The number of carbonyl (C=O) groups is 3. The van der Waals surface area contributed by atoms with Crippen LogP contribution >= 0.6 is 0 Å². The van der Waals surface area contributed by atoms with Crippen molar-refractivity contribution in [1.29, 1.82) is 0 Å². The molecular weight excluding hydrogens is 252 g/mol. The predicted molar refractivity (Wildman–Crippen MR) is 68.7 cm³/mol. The fourth-order valence-electron chi connectivity index (χ4n) is 1.21. The van der Waals surface area contributed by atoms with Gasteiger partial charge < -0.3 is 20.5 Å². The van der Waals surface area contributed by atoms with Crippen molar-refractivity contribution in [3.63, 3.8) is 0 Å². The number of aliphatic carboxylic acids is 1. The molecule has 0 radical (unpaired) electrons. The standard InChI is InChI=1S/C12H22N2O5/c1-5-12(2,3)14-11(18)13-8(10(16)17)6-7-9(15)19-4/h8H,5-7H2,1-4H3,(H,16,17)(H2,13,14,18)/t8-/m1/s1. The number of rotatable bonds is 7. The monoisotopic (exact) mass is 274 g/mol. The van der Waals surface area contributed by atoms with Gasteiger partial charge in [-0.05, 0) is 26.7 Å². The molecule has 0 unspecified atom stereocenters. The molecular formula is C12H22N2O5. The van der Waals surface area contributed by atoms with Gasteiger partial charge in [0.1, 0.15) is 6.04 Å². The maximum absolute atomic E-state index is 11.6. The van der Waals surface area contributed by atoms with Crippen LogP contribution in [0.15, 0.2) is 0 Å². The van der Waals surface area contributed by atoms with Gasteiger partial charge in [-0.15, -0.1) is 0 Å². The van der Waals surface area contributed by atoms with E-state index in [1.165, 1.54) is 7.11 Å². The van der Waals surface area contributed by atoms with Crippen molar-refractivity contribution in [2.75, 3.05) is 7.11 Å². The fourth-order valence-corrected chi connectivity index (χ4v) is 1.21. The van der Waals surface area contributed by atoms with Crippen molar-refractivity contribution in [2.45, 2.75) is 51.6 Å². The topological polar surface area (TPSA) is 105 Å². The Balaban J connectivity index is 4.39. The normalized spacial score (nSPS) is 12.4. The lowest BCUT2D eigenvalue weighted by molar-refractivity contribution is -0.142. The number of nitrogens with one attached hydrogen (secondary N) is 2. The SMILES string of the molecule is CCC(C)(C)NC(=O)N[C@H](CCC(=O)OC)C(=O)O. The van der Waals surface area contributed by atoms with E-state index in [0.717, 1.165) is 0 Å². The first-order chi connectivity index (χ1) is 8.71. The van der Waals surface area contributed by atoms with E-state index in [0.29, 0.717) is 6.42 Å². The van der Waals surface area contributed by atoms with Gasteiger partial charge in [-0.2, -0.15) is 0 Å². The number of esters is 1. The molecule has 0 saturated carbocycles. The van der Waals surface area contributed by atoms with Gasteiger partial charge in [0.25, 0.3) is 0 Å². The molecule has 0 aliphatic heterocycles. The van der Waals surface area contributed by atoms with Crippen LogP contribution in [-0.4, -0.2) is 41.8 Å². The Labute approximate surface area is 112 Å². The van der Waals surface area contributed by atoms with Gasteiger partial charge in [-0.3, -0.25) is 4.79 Å². The minimum atomic E-state index is -1.19. The average molecular weight is 274 g/mol. The minimum absolute atomic E-state index is 0.0119. The summed E-state index contributed by atoms with van der Waals surface area (Å²) in [4.78, 5) is 33.6. The minimum Gasteiger partial charge on any atom is -0.480 e. The molecule has 0 fully saturated rings. The van der Waals surface area contributed by atoms with Gasteiger partial charge in [0.2, 0.25) is 0 Å². The molecule has 2 amide bonds. The molecule has 7 heteroatoms. The quantitative estimate of drug-likeness (QED) is 0.598. The van der Waals surface area contributed by atoms with Gasteiger partial charge in [0, 0.05) is 12.0 Å². The third-order valence-corrected chi connectivity index (χ3v) is 2.80. The van der Waals surface area contributed by atoms with E-state index < -0.39 is 29.6 Å². The largest absolute Gasteiger partial charge is 0.480 e. The van der Waals surface area contributed by atoms with Crippen molar-refractivity contribution in [1.82, 2.24) is 10.6 Å². The first-order valence-electron chi connectivity index (χ1n) is 6.10. The summed E-state index contributed by atoms with van der Waals surface area (Å²) < 4.78 is 4.42. The van der Waals surface area contributed by atoms with Gasteiger partial charge in [-0.1, -0.05) is 6.92 Å². The summed E-state index contributed by atoms with van der Waals surface area (Å²) in [5.74, 6) is -1.70. The summed E-state index contributed by atoms with van der Waals surface area (Å²) in [5, 5.41) is 14.0. The number of ether oxygens (including phenoxy) is 1. The molecule has 110 valence electrons. The van der Waals surface area contributed by atoms with E-state index in [9.17, 15) is 14.4 Å². The Hall–Kier alpha value is -1.79. The zero-order valence-electron chi connectivity index (χ0n) is 11.8. The second-order valence-electron chi connectivity index (χ2n) is 4.84. The molecule has 3 N–H and O–H groups in total. The molecule has 0 saturated heterocycles. The van der Waals surface area contributed by atoms with E-state index in [1.807, 2.05) is 20.8 Å². The van der Waals surface area contributed by atoms with Crippen LogP contribution in [0.2, 0.25) is 0 Å². The van der Waals surface area contributed by atoms with E-state index in [-0.39, 0.29) is 12.8 Å². The lowest BCUT2D eigenvalue weighted by Crippen LogP contribution is -2.52. The average Bonchev–Trinajstić information content (AvgIpc) is 2.32. The van der Waals surface area contributed by atoms with Gasteiger partial charge in [-0.25, -0.2) is 9.59 Å². The van der Waals surface area contributed by atoms with Crippen LogP contribution in [0.4, 0.5) is 4.79 Å². The van der Waals surface area contributed by atoms with Crippen LogP contribution < -0.4 is 10.6 Å². The number of hydrogen-bond donors (Lipinski definition) is 3. The van der Waals surface area contributed by atoms with Gasteiger partial charge >= 0.3 is 18.0 Å². The molecule has 0 aliphatic carbocycles. The lowest BCUT2D eigenvalue weighted by atomic mass is 10.0. The van der Waals surface area contributed by atoms with Crippen LogP contribution in [0.3, 0.4) is 0 Å². The van der Waals surface area contributed by atoms with Crippen LogP contribution in [0.5, 0.6) is 0 Å². The molecule has 7 nitrogen and oxygen atoms in total. The van der Waals surface area contributed by atoms with E-state index in [1.54, 1.807) is 0 Å². The molecule has 19 heavy (non-hydrogen) atoms. The Morgan fingerprint density at radius 2 is 1.89 bits per heavy atom. The first-order valence-corrected chi connectivity index (χ1v) is 6.10. The molecule has 0 aromatic carbocycles. The number of carboxylic acid groups (broad SMARTS) is 1. The second-order valence-corrected chi connectivity index (χ2v) is 4.84. The summed E-state index contributed by atoms with van der Waals surface area (Å²) >= 11 is 0. The zero-order chi connectivity index (χ0) is 15.1. The summed E-state index contributed by atoms with van der Waals surface area (Å²) in [6, 6.07) is -1.68. The van der Waals surface area contributed by atoms with Crippen molar-refractivity contribution < 1.29 is 24.2 Å². The van der Waals surface area contributed by atoms with E-state index >= 15 is 0 Å². The Morgan fingerprint density at radius 1 is 1.32 bits per heavy atom. The Kier molecular flexibility index (Phi) is 6.89. The van der Waals surface area contributed by atoms with Crippen LogP contribution in [0, 0.1) is 0 Å². The maximum Gasteiger partial charge on any atom is 0.326 e. The summed E-state index contributed by atoms with van der Waals surface area (Å²) in [5.41, 5.74) is -0.421.